The molecule has 7 heteroatoms. The van der Waals surface area contributed by atoms with Crippen LogP contribution in [0.25, 0.3) is 11.0 Å². The molecule has 0 spiro atoms. The molecule has 0 bridgehead atoms. The number of hydrogen-bond donors (Lipinski definition) is 1. The summed E-state index contributed by atoms with van der Waals surface area (Å²) in [6.07, 6.45) is 2.00. The SMILES string of the molecule is Cc1cc(=O)oc2cc(O[C@@H](C)C(=O)NCC3CCC(C(=O)[O-])CC3)ccc12. The quantitative estimate of drug-likeness (QED) is 0.755. The fraction of sp³-hybridized carbons (Fsp3) is 0.476. The lowest BCUT2D eigenvalue weighted by molar-refractivity contribution is -0.312. The van der Waals surface area contributed by atoms with Gasteiger partial charge in [-0.2, -0.15) is 0 Å². The predicted octanol–water partition coefficient (Wildman–Crippen LogP) is 1.54. The molecule has 0 aliphatic heterocycles. The first kappa shape index (κ1) is 19.9. The number of carboxylic acid groups (broad SMARTS) is 1. The summed E-state index contributed by atoms with van der Waals surface area (Å²) >= 11 is 0. The van der Waals surface area contributed by atoms with Gasteiger partial charge in [-0.3, -0.25) is 4.79 Å². The Labute approximate surface area is 162 Å². The Morgan fingerprint density at radius 1 is 1.25 bits per heavy atom. The van der Waals surface area contributed by atoms with Crippen LogP contribution >= 0.6 is 0 Å². The summed E-state index contributed by atoms with van der Waals surface area (Å²) in [5.74, 6) is -0.882. The average Bonchev–Trinajstić information content (AvgIpc) is 2.65. The molecule has 7 nitrogen and oxygen atoms in total. The zero-order valence-corrected chi connectivity index (χ0v) is 16.0. The summed E-state index contributed by atoms with van der Waals surface area (Å²) < 4.78 is 10.9. The van der Waals surface area contributed by atoms with E-state index in [4.69, 9.17) is 9.15 Å². The van der Waals surface area contributed by atoms with E-state index >= 15 is 0 Å². The lowest BCUT2D eigenvalue weighted by Gasteiger charge is -2.29. The topological polar surface area (TPSA) is 109 Å². The number of rotatable bonds is 6. The van der Waals surface area contributed by atoms with Gasteiger partial charge in [0.25, 0.3) is 5.91 Å². The molecule has 1 saturated carbocycles. The van der Waals surface area contributed by atoms with E-state index in [1.54, 1.807) is 25.1 Å². The highest BCUT2D eigenvalue weighted by molar-refractivity contribution is 5.82. The largest absolute Gasteiger partial charge is 0.550 e. The number of amides is 1. The van der Waals surface area contributed by atoms with Crippen molar-refractivity contribution in [1.82, 2.24) is 5.32 Å². The van der Waals surface area contributed by atoms with Gasteiger partial charge in [0, 0.05) is 30.0 Å². The van der Waals surface area contributed by atoms with E-state index in [1.807, 2.05) is 6.92 Å². The molecule has 0 saturated heterocycles. The molecule has 0 radical (unpaired) electrons. The lowest BCUT2D eigenvalue weighted by atomic mass is 9.82. The molecule has 1 aromatic heterocycles. The Bertz CT molecular complexity index is 926. The minimum absolute atomic E-state index is 0.243. The van der Waals surface area contributed by atoms with Crippen molar-refractivity contribution in [2.45, 2.75) is 45.6 Å². The normalized spacial score (nSPS) is 20.5. The van der Waals surface area contributed by atoms with Gasteiger partial charge in [0.2, 0.25) is 0 Å². The Morgan fingerprint density at radius 2 is 1.96 bits per heavy atom. The first-order valence-corrected chi connectivity index (χ1v) is 9.53. The summed E-state index contributed by atoms with van der Waals surface area (Å²) in [5.41, 5.74) is 0.804. The maximum absolute atomic E-state index is 12.3. The van der Waals surface area contributed by atoms with Crippen LogP contribution < -0.4 is 20.8 Å². The van der Waals surface area contributed by atoms with Crippen LogP contribution in [0.5, 0.6) is 5.75 Å². The molecule has 2 aromatic rings. The van der Waals surface area contributed by atoms with Crippen molar-refractivity contribution in [2.24, 2.45) is 11.8 Å². The third-order valence-electron chi connectivity index (χ3n) is 5.35. The van der Waals surface area contributed by atoms with Crippen molar-refractivity contribution in [3.05, 3.63) is 40.2 Å². The molecule has 150 valence electrons. The van der Waals surface area contributed by atoms with Gasteiger partial charge < -0.3 is 24.4 Å². The van der Waals surface area contributed by atoms with Crippen molar-refractivity contribution < 1.29 is 23.8 Å². The molecule has 0 unspecified atom stereocenters. The van der Waals surface area contributed by atoms with E-state index in [1.165, 1.54) is 6.07 Å². The summed E-state index contributed by atoms with van der Waals surface area (Å²) in [5, 5.41) is 14.6. The first-order chi connectivity index (χ1) is 13.3. The van der Waals surface area contributed by atoms with Gasteiger partial charge in [-0.1, -0.05) is 0 Å². The summed E-state index contributed by atoms with van der Waals surface area (Å²) in [7, 11) is 0. The number of hydrogen-bond acceptors (Lipinski definition) is 6. The van der Waals surface area contributed by atoms with Crippen molar-refractivity contribution in [1.29, 1.82) is 0 Å². The minimum atomic E-state index is -0.981. The molecule has 1 aromatic carbocycles. The van der Waals surface area contributed by atoms with Gasteiger partial charge in [0.05, 0.1) is 0 Å². The summed E-state index contributed by atoms with van der Waals surface area (Å²) in [6.45, 7) is 3.98. The Balaban J connectivity index is 1.54. The highest BCUT2D eigenvalue weighted by atomic mass is 16.5. The van der Waals surface area contributed by atoms with Gasteiger partial charge in [0.15, 0.2) is 6.10 Å². The Morgan fingerprint density at radius 3 is 2.64 bits per heavy atom. The van der Waals surface area contributed by atoms with Crippen LogP contribution in [0.15, 0.2) is 33.5 Å². The fourth-order valence-corrected chi connectivity index (χ4v) is 3.63. The molecule has 1 atom stereocenters. The third kappa shape index (κ3) is 4.71. The van der Waals surface area contributed by atoms with Crippen molar-refractivity contribution in [3.8, 4) is 5.75 Å². The van der Waals surface area contributed by atoms with Crippen LogP contribution in [-0.4, -0.2) is 24.5 Å². The zero-order valence-electron chi connectivity index (χ0n) is 16.0. The number of nitrogens with one attached hydrogen (secondary N) is 1. The van der Waals surface area contributed by atoms with E-state index in [9.17, 15) is 19.5 Å². The van der Waals surface area contributed by atoms with E-state index in [0.29, 0.717) is 30.7 Å². The highest BCUT2D eigenvalue weighted by Crippen LogP contribution is 2.28. The second-order valence-corrected chi connectivity index (χ2v) is 7.45. The molecular weight excluding hydrogens is 362 g/mol. The monoisotopic (exact) mass is 386 g/mol. The molecule has 3 rings (SSSR count). The summed E-state index contributed by atoms with van der Waals surface area (Å²) in [6, 6.07) is 6.57. The van der Waals surface area contributed by atoms with E-state index in [-0.39, 0.29) is 17.7 Å². The minimum Gasteiger partial charge on any atom is -0.550 e. The fourth-order valence-electron chi connectivity index (χ4n) is 3.63. The second-order valence-electron chi connectivity index (χ2n) is 7.45. The van der Waals surface area contributed by atoms with Gasteiger partial charge in [-0.05, 0) is 69.1 Å². The van der Waals surface area contributed by atoms with Crippen LogP contribution in [0, 0.1) is 18.8 Å². The smallest absolute Gasteiger partial charge is 0.336 e. The van der Waals surface area contributed by atoms with Gasteiger partial charge >= 0.3 is 5.63 Å². The molecule has 1 aliphatic carbocycles. The standard InChI is InChI=1S/C21H25NO6/c1-12-9-19(23)28-18-10-16(7-8-17(12)18)27-13(2)20(24)22-11-14-3-5-15(6-4-14)21(25)26/h7-10,13-15H,3-6,11H2,1-2H3,(H,22,24)(H,25,26)/p-1/t13-,14?,15?/m0/s1. The Kier molecular flexibility index (Phi) is 6.02. The number of aryl methyl sites for hydroxylation is 1. The number of fused-ring (bicyclic) bond motifs is 1. The van der Waals surface area contributed by atoms with Crippen LogP contribution in [0.3, 0.4) is 0 Å². The van der Waals surface area contributed by atoms with E-state index in [2.05, 4.69) is 5.32 Å². The molecule has 28 heavy (non-hydrogen) atoms. The highest BCUT2D eigenvalue weighted by Gasteiger charge is 2.23. The van der Waals surface area contributed by atoms with E-state index < -0.39 is 17.7 Å². The maximum atomic E-state index is 12.3. The van der Waals surface area contributed by atoms with Crippen LogP contribution in [0.4, 0.5) is 0 Å². The molecule has 1 fully saturated rings. The van der Waals surface area contributed by atoms with Gasteiger partial charge in [-0.25, -0.2) is 4.79 Å². The van der Waals surface area contributed by atoms with Gasteiger partial charge in [-0.15, -0.1) is 0 Å². The number of aliphatic carboxylic acids is 1. The van der Waals surface area contributed by atoms with Crippen LogP contribution in [0.2, 0.25) is 0 Å². The predicted molar refractivity (Wildman–Crippen MR) is 101 cm³/mol. The van der Waals surface area contributed by atoms with Gasteiger partial charge in [0.1, 0.15) is 11.3 Å². The van der Waals surface area contributed by atoms with Crippen molar-refractivity contribution >= 4 is 22.8 Å². The molecule has 1 heterocycles. The molecule has 1 N–H and O–H groups in total. The third-order valence-corrected chi connectivity index (χ3v) is 5.35. The number of carbonyl (C=O) groups excluding carboxylic acids is 2. The molecular formula is C21H24NO6-. The average molecular weight is 386 g/mol. The maximum Gasteiger partial charge on any atom is 0.336 e. The number of carboxylic acids is 1. The zero-order chi connectivity index (χ0) is 20.3. The first-order valence-electron chi connectivity index (χ1n) is 9.53. The lowest BCUT2D eigenvalue weighted by Crippen LogP contribution is -2.40. The Hall–Kier alpha value is -2.83. The van der Waals surface area contributed by atoms with Crippen LogP contribution in [-0.2, 0) is 9.59 Å². The molecule has 1 amide bonds. The van der Waals surface area contributed by atoms with E-state index in [0.717, 1.165) is 23.8 Å². The van der Waals surface area contributed by atoms with Crippen LogP contribution in [0.1, 0.15) is 38.2 Å². The molecule has 1 aliphatic rings. The number of benzene rings is 1. The second kappa shape index (κ2) is 8.46. The van der Waals surface area contributed by atoms with Crippen molar-refractivity contribution in [3.63, 3.8) is 0 Å². The summed E-state index contributed by atoms with van der Waals surface area (Å²) in [4.78, 5) is 34.7. The van der Waals surface area contributed by atoms with Crippen molar-refractivity contribution in [2.75, 3.05) is 6.54 Å². The number of carbonyl (C=O) groups is 2. The number of ether oxygens (including phenoxy) is 1.